The lowest BCUT2D eigenvalue weighted by Gasteiger charge is -2.36. The number of piperidine rings is 1. The first-order valence-electron chi connectivity index (χ1n) is 10.9. The standard InChI is InChI=1S/C23H31N5O2/c1-15-3-4-17-14-20(23(29)25-16(2)24)22(27-21(17)13-15)28-9-5-18(6-10-28)26-19-7-11-30-12-8-19/h3-4,13-14,18-19,26H,5-12H2,1-2H3,(H2,24,25,29). The van der Waals surface area contributed by atoms with Crippen LogP contribution in [0.4, 0.5) is 5.82 Å². The van der Waals surface area contributed by atoms with E-state index in [2.05, 4.69) is 21.6 Å². The predicted octanol–water partition coefficient (Wildman–Crippen LogP) is 3.01. The van der Waals surface area contributed by atoms with Gasteiger partial charge >= 0.3 is 0 Å². The number of benzene rings is 1. The first-order chi connectivity index (χ1) is 14.5. The normalized spacial score (nSPS) is 18.5. The molecule has 0 atom stereocenters. The topological polar surface area (TPSA) is 90.3 Å². The number of aryl methyl sites for hydroxylation is 1. The van der Waals surface area contributed by atoms with Gasteiger partial charge in [-0.15, -0.1) is 0 Å². The van der Waals surface area contributed by atoms with Gasteiger partial charge in [-0.05, 0) is 57.2 Å². The van der Waals surface area contributed by atoms with Crippen LogP contribution in [0.3, 0.4) is 0 Å². The summed E-state index contributed by atoms with van der Waals surface area (Å²) in [6.07, 6.45) is 4.21. The monoisotopic (exact) mass is 409 g/mol. The van der Waals surface area contributed by atoms with Crippen LogP contribution in [0.25, 0.3) is 10.9 Å². The zero-order valence-electron chi connectivity index (χ0n) is 17.8. The van der Waals surface area contributed by atoms with E-state index in [1.54, 1.807) is 6.92 Å². The number of carbonyl (C=O) groups is 1. The maximum absolute atomic E-state index is 12.8. The van der Waals surface area contributed by atoms with Crippen LogP contribution in [0.1, 0.15) is 48.5 Å². The fourth-order valence-electron chi connectivity index (χ4n) is 4.37. The van der Waals surface area contributed by atoms with Crippen molar-refractivity contribution in [2.45, 2.75) is 51.6 Å². The van der Waals surface area contributed by atoms with Gasteiger partial charge in [-0.3, -0.25) is 10.2 Å². The molecular formula is C23H31N5O2. The van der Waals surface area contributed by atoms with E-state index in [4.69, 9.17) is 15.1 Å². The summed E-state index contributed by atoms with van der Waals surface area (Å²) in [5.41, 5.74) is 2.58. The van der Waals surface area contributed by atoms with Crippen molar-refractivity contribution >= 4 is 28.5 Å². The van der Waals surface area contributed by atoms with Crippen LogP contribution in [-0.2, 0) is 4.74 Å². The fraction of sp³-hybridized carbons (Fsp3) is 0.522. The van der Waals surface area contributed by atoms with E-state index in [9.17, 15) is 4.79 Å². The van der Waals surface area contributed by atoms with E-state index < -0.39 is 0 Å². The largest absolute Gasteiger partial charge is 0.381 e. The summed E-state index contributed by atoms with van der Waals surface area (Å²) in [4.78, 5) is 19.9. The van der Waals surface area contributed by atoms with Gasteiger partial charge in [0.2, 0.25) is 0 Å². The van der Waals surface area contributed by atoms with Crippen LogP contribution in [0.15, 0.2) is 24.3 Å². The summed E-state index contributed by atoms with van der Waals surface area (Å²) in [6.45, 7) is 7.03. The Bertz CT molecular complexity index is 931. The predicted molar refractivity (Wildman–Crippen MR) is 120 cm³/mol. The molecule has 0 aliphatic carbocycles. The zero-order chi connectivity index (χ0) is 21.1. The second-order valence-corrected chi connectivity index (χ2v) is 8.45. The maximum Gasteiger partial charge on any atom is 0.260 e. The number of fused-ring (bicyclic) bond motifs is 1. The van der Waals surface area contributed by atoms with Gasteiger partial charge in [-0.2, -0.15) is 0 Å². The third-order valence-electron chi connectivity index (χ3n) is 5.99. The van der Waals surface area contributed by atoms with Gasteiger partial charge in [-0.25, -0.2) is 4.98 Å². The molecule has 3 heterocycles. The number of carbonyl (C=O) groups excluding carboxylic acids is 1. The molecule has 4 rings (SSSR count). The van der Waals surface area contributed by atoms with Crippen LogP contribution in [-0.4, -0.2) is 55.1 Å². The SMILES string of the molecule is CC(=N)NC(=O)c1cc2ccc(C)cc2nc1N1CCC(NC2CCOCC2)CC1. The summed E-state index contributed by atoms with van der Waals surface area (Å²) >= 11 is 0. The number of ether oxygens (including phenoxy) is 1. The van der Waals surface area contributed by atoms with Gasteiger partial charge in [0.1, 0.15) is 5.82 Å². The molecule has 0 spiro atoms. The highest BCUT2D eigenvalue weighted by molar-refractivity contribution is 6.09. The lowest BCUT2D eigenvalue weighted by Crippen LogP contribution is -2.48. The molecule has 2 aliphatic heterocycles. The molecule has 2 saturated heterocycles. The van der Waals surface area contributed by atoms with Gasteiger partial charge in [0, 0.05) is 43.8 Å². The van der Waals surface area contributed by atoms with E-state index >= 15 is 0 Å². The Morgan fingerprint density at radius 3 is 2.53 bits per heavy atom. The number of hydrogen-bond acceptors (Lipinski definition) is 6. The molecule has 1 aromatic heterocycles. The highest BCUT2D eigenvalue weighted by Crippen LogP contribution is 2.27. The number of nitrogens with one attached hydrogen (secondary N) is 3. The number of amides is 1. The summed E-state index contributed by atoms with van der Waals surface area (Å²) in [5, 5.41) is 15.0. The third kappa shape index (κ3) is 4.79. The van der Waals surface area contributed by atoms with Gasteiger partial charge < -0.3 is 20.3 Å². The van der Waals surface area contributed by atoms with Crippen LogP contribution >= 0.6 is 0 Å². The molecule has 1 amide bonds. The van der Waals surface area contributed by atoms with E-state index in [1.165, 1.54) is 0 Å². The van der Waals surface area contributed by atoms with Crippen LogP contribution in [0, 0.1) is 12.3 Å². The van der Waals surface area contributed by atoms with Crippen LogP contribution in [0.2, 0.25) is 0 Å². The third-order valence-corrected chi connectivity index (χ3v) is 5.99. The highest BCUT2D eigenvalue weighted by atomic mass is 16.5. The molecule has 0 radical (unpaired) electrons. The molecule has 2 fully saturated rings. The molecule has 0 unspecified atom stereocenters. The van der Waals surface area contributed by atoms with E-state index in [0.717, 1.165) is 74.3 Å². The Balaban J connectivity index is 1.54. The average molecular weight is 410 g/mol. The molecule has 2 aromatic rings. The smallest absolute Gasteiger partial charge is 0.260 e. The number of hydrogen-bond donors (Lipinski definition) is 3. The maximum atomic E-state index is 12.8. The number of aromatic nitrogens is 1. The van der Waals surface area contributed by atoms with Crippen molar-refractivity contribution in [3.05, 3.63) is 35.4 Å². The summed E-state index contributed by atoms with van der Waals surface area (Å²) in [5.74, 6) is 0.584. The first kappa shape index (κ1) is 20.8. The lowest BCUT2D eigenvalue weighted by molar-refractivity contribution is 0.0738. The molecule has 0 saturated carbocycles. The van der Waals surface area contributed by atoms with Crippen LogP contribution < -0.4 is 15.5 Å². The molecule has 3 N–H and O–H groups in total. The average Bonchev–Trinajstić information content (AvgIpc) is 2.73. The number of pyridine rings is 1. The van der Waals surface area contributed by atoms with Crippen molar-refractivity contribution in [3.8, 4) is 0 Å². The van der Waals surface area contributed by atoms with Crippen molar-refractivity contribution in [3.63, 3.8) is 0 Å². The second-order valence-electron chi connectivity index (χ2n) is 8.45. The Morgan fingerprint density at radius 2 is 1.83 bits per heavy atom. The number of anilines is 1. The second kappa shape index (κ2) is 9.10. The van der Waals surface area contributed by atoms with Crippen molar-refractivity contribution in [2.24, 2.45) is 0 Å². The zero-order valence-corrected chi connectivity index (χ0v) is 17.8. The fourth-order valence-corrected chi connectivity index (χ4v) is 4.37. The minimum absolute atomic E-state index is 0.134. The molecule has 1 aromatic carbocycles. The van der Waals surface area contributed by atoms with Gasteiger partial charge in [0.05, 0.1) is 16.9 Å². The van der Waals surface area contributed by atoms with Crippen molar-refractivity contribution in [1.82, 2.24) is 15.6 Å². The van der Waals surface area contributed by atoms with Gasteiger partial charge in [0.25, 0.3) is 5.91 Å². The summed E-state index contributed by atoms with van der Waals surface area (Å²) < 4.78 is 5.46. The molecule has 30 heavy (non-hydrogen) atoms. The van der Waals surface area contributed by atoms with Gasteiger partial charge in [0.15, 0.2) is 0 Å². The van der Waals surface area contributed by atoms with Crippen LogP contribution in [0.5, 0.6) is 0 Å². The molecule has 7 nitrogen and oxygen atoms in total. The summed E-state index contributed by atoms with van der Waals surface area (Å²) in [7, 11) is 0. The highest BCUT2D eigenvalue weighted by Gasteiger charge is 2.26. The minimum atomic E-state index is -0.269. The number of nitrogens with zero attached hydrogens (tertiary/aromatic N) is 2. The quantitative estimate of drug-likeness (QED) is 0.533. The summed E-state index contributed by atoms with van der Waals surface area (Å²) in [6, 6.07) is 9.03. The number of amidine groups is 1. The lowest BCUT2D eigenvalue weighted by atomic mass is 10.0. The van der Waals surface area contributed by atoms with E-state index in [0.29, 0.717) is 17.6 Å². The van der Waals surface area contributed by atoms with E-state index in [-0.39, 0.29) is 11.7 Å². The minimum Gasteiger partial charge on any atom is -0.381 e. The Labute approximate surface area is 177 Å². The molecule has 0 bridgehead atoms. The Morgan fingerprint density at radius 1 is 1.13 bits per heavy atom. The first-order valence-corrected chi connectivity index (χ1v) is 10.9. The van der Waals surface area contributed by atoms with Gasteiger partial charge in [-0.1, -0.05) is 12.1 Å². The van der Waals surface area contributed by atoms with Crippen molar-refractivity contribution < 1.29 is 9.53 Å². The van der Waals surface area contributed by atoms with E-state index in [1.807, 2.05) is 25.1 Å². The molecule has 2 aliphatic rings. The van der Waals surface area contributed by atoms with Crippen molar-refractivity contribution in [2.75, 3.05) is 31.2 Å². The Kier molecular flexibility index (Phi) is 6.29. The molecular weight excluding hydrogens is 378 g/mol. The molecule has 7 heteroatoms. The molecule has 160 valence electrons. The Hall–Kier alpha value is -2.51. The number of rotatable bonds is 4. The van der Waals surface area contributed by atoms with Crippen molar-refractivity contribution in [1.29, 1.82) is 5.41 Å².